The molecule has 1 aliphatic heterocycles. The van der Waals surface area contributed by atoms with Gasteiger partial charge >= 0.3 is 0 Å². The van der Waals surface area contributed by atoms with Crippen LogP contribution >= 0.6 is 0 Å². The zero-order valence-electron chi connectivity index (χ0n) is 12.5. The first-order chi connectivity index (χ1) is 11.1. The van der Waals surface area contributed by atoms with Gasteiger partial charge in [-0.2, -0.15) is 0 Å². The first kappa shape index (κ1) is 15.0. The number of anilines is 2. The number of nitrogens with one attached hydrogen (secondary N) is 1. The maximum atomic E-state index is 12.1. The summed E-state index contributed by atoms with van der Waals surface area (Å²) in [6.45, 7) is 0. The van der Waals surface area contributed by atoms with Gasteiger partial charge in [-0.3, -0.25) is 19.3 Å². The fourth-order valence-corrected chi connectivity index (χ4v) is 2.57. The summed E-state index contributed by atoms with van der Waals surface area (Å²) in [5.41, 5.74) is 1.98. The number of hydrogen-bond acceptors (Lipinski definition) is 3. The molecule has 1 heterocycles. The molecule has 0 aliphatic carbocycles. The summed E-state index contributed by atoms with van der Waals surface area (Å²) in [6, 6.07) is 16.2. The second-order valence-corrected chi connectivity index (χ2v) is 5.38. The average Bonchev–Trinajstić information content (AvgIpc) is 2.87. The van der Waals surface area contributed by atoms with Crippen LogP contribution in [0, 0.1) is 0 Å². The highest BCUT2D eigenvalue weighted by Crippen LogP contribution is 2.25. The minimum Gasteiger partial charge on any atom is -0.326 e. The van der Waals surface area contributed by atoms with Gasteiger partial charge in [-0.05, 0) is 23.8 Å². The van der Waals surface area contributed by atoms with Gasteiger partial charge in [-0.1, -0.05) is 36.4 Å². The molecule has 1 N–H and O–H groups in total. The molecule has 2 aromatic carbocycles. The Morgan fingerprint density at radius 2 is 1.65 bits per heavy atom. The fraction of sp³-hybridized carbons (Fsp3) is 0.167. The fourth-order valence-electron chi connectivity index (χ4n) is 2.57. The van der Waals surface area contributed by atoms with Gasteiger partial charge < -0.3 is 5.32 Å². The van der Waals surface area contributed by atoms with Crippen LogP contribution in [0.4, 0.5) is 11.4 Å². The molecule has 23 heavy (non-hydrogen) atoms. The van der Waals surface area contributed by atoms with Crippen molar-refractivity contribution in [2.75, 3.05) is 10.2 Å². The van der Waals surface area contributed by atoms with E-state index in [2.05, 4.69) is 5.32 Å². The van der Waals surface area contributed by atoms with Crippen molar-refractivity contribution in [3.8, 4) is 0 Å². The summed E-state index contributed by atoms with van der Waals surface area (Å²) in [4.78, 5) is 36.8. The van der Waals surface area contributed by atoms with Crippen molar-refractivity contribution >= 4 is 29.1 Å². The second-order valence-electron chi connectivity index (χ2n) is 5.38. The topological polar surface area (TPSA) is 66.5 Å². The summed E-state index contributed by atoms with van der Waals surface area (Å²) in [6.07, 6.45) is 0.750. The number of rotatable bonds is 4. The Balaban J connectivity index is 1.71. The number of imide groups is 1. The van der Waals surface area contributed by atoms with Gasteiger partial charge in [0.1, 0.15) is 0 Å². The molecule has 1 saturated heterocycles. The van der Waals surface area contributed by atoms with Crippen molar-refractivity contribution in [1.82, 2.24) is 0 Å². The van der Waals surface area contributed by atoms with E-state index in [0.717, 1.165) is 5.56 Å². The Hall–Kier alpha value is -2.95. The van der Waals surface area contributed by atoms with Gasteiger partial charge in [-0.25, -0.2) is 0 Å². The van der Waals surface area contributed by atoms with Gasteiger partial charge in [0.2, 0.25) is 17.7 Å². The third kappa shape index (κ3) is 3.45. The summed E-state index contributed by atoms with van der Waals surface area (Å²) < 4.78 is 0. The maximum Gasteiger partial charge on any atom is 0.234 e. The smallest absolute Gasteiger partial charge is 0.234 e. The van der Waals surface area contributed by atoms with Gasteiger partial charge in [-0.15, -0.1) is 0 Å². The van der Waals surface area contributed by atoms with Gasteiger partial charge in [0.05, 0.1) is 12.1 Å². The molecule has 1 aliphatic rings. The minimum absolute atomic E-state index is 0.146. The number of nitrogens with zero attached hydrogens (tertiary/aromatic N) is 1. The van der Waals surface area contributed by atoms with Crippen LogP contribution in [0.2, 0.25) is 0 Å². The number of hydrogen-bond donors (Lipinski definition) is 1. The summed E-state index contributed by atoms with van der Waals surface area (Å²) >= 11 is 0. The van der Waals surface area contributed by atoms with Crippen molar-refractivity contribution in [2.24, 2.45) is 0 Å². The Kier molecular flexibility index (Phi) is 4.19. The van der Waals surface area contributed by atoms with Crippen LogP contribution in [0.3, 0.4) is 0 Å². The molecular weight excluding hydrogens is 292 g/mol. The summed E-state index contributed by atoms with van der Waals surface area (Å²) in [5.74, 6) is -0.557. The van der Waals surface area contributed by atoms with Crippen LogP contribution in [0.1, 0.15) is 18.4 Å². The molecule has 0 aromatic heterocycles. The van der Waals surface area contributed by atoms with E-state index in [1.165, 1.54) is 4.90 Å². The van der Waals surface area contributed by atoms with Gasteiger partial charge in [0, 0.05) is 18.5 Å². The normalized spacial score (nSPS) is 14.2. The lowest BCUT2D eigenvalue weighted by atomic mass is 10.1. The van der Waals surface area contributed by atoms with E-state index in [4.69, 9.17) is 0 Å². The lowest BCUT2D eigenvalue weighted by molar-refractivity contribution is -0.121. The SMILES string of the molecule is O=C(Cc1ccccc1)Nc1cccc(N2C(=O)CCC2=O)c1. The van der Waals surface area contributed by atoms with E-state index in [0.29, 0.717) is 11.4 Å². The highest BCUT2D eigenvalue weighted by Gasteiger charge is 2.30. The lowest BCUT2D eigenvalue weighted by Gasteiger charge is -2.15. The van der Waals surface area contributed by atoms with Crippen LogP contribution in [-0.2, 0) is 20.8 Å². The Morgan fingerprint density at radius 1 is 0.957 bits per heavy atom. The molecule has 5 heteroatoms. The molecule has 0 saturated carbocycles. The van der Waals surface area contributed by atoms with E-state index in [1.807, 2.05) is 30.3 Å². The molecule has 116 valence electrons. The van der Waals surface area contributed by atoms with Crippen LogP contribution in [0.15, 0.2) is 54.6 Å². The average molecular weight is 308 g/mol. The van der Waals surface area contributed by atoms with Crippen molar-refractivity contribution in [2.45, 2.75) is 19.3 Å². The third-order valence-corrected chi connectivity index (χ3v) is 3.65. The molecule has 0 bridgehead atoms. The Labute approximate surface area is 133 Å². The van der Waals surface area contributed by atoms with Crippen molar-refractivity contribution in [3.05, 3.63) is 60.2 Å². The van der Waals surface area contributed by atoms with Gasteiger partial charge in [0.15, 0.2) is 0 Å². The zero-order chi connectivity index (χ0) is 16.2. The first-order valence-corrected chi connectivity index (χ1v) is 7.43. The molecule has 5 nitrogen and oxygen atoms in total. The van der Waals surface area contributed by atoms with E-state index in [9.17, 15) is 14.4 Å². The molecule has 0 unspecified atom stereocenters. The maximum absolute atomic E-state index is 12.1. The van der Waals surface area contributed by atoms with Crippen LogP contribution in [0.25, 0.3) is 0 Å². The Morgan fingerprint density at radius 3 is 2.35 bits per heavy atom. The molecule has 2 aromatic rings. The second kappa shape index (κ2) is 6.44. The molecular formula is C18H16N2O3. The molecule has 1 fully saturated rings. The predicted octanol–water partition coefficient (Wildman–Crippen LogP) is 2.52. The van der Waals surface area contributed by atoms with Crippen molar-refractivity contribution in [3.63, 3.8) is 0 Å². The van der Waals surface area contributed by atoms with E-state index in [-0.39, 0.29) is 37.0 Å². The van der Waals surface area contributed by atoms with Crippen LogP contribution in [0.5, 0.6) is 0 Å². The highest BCUT2D eigenvalue weighted by atomic mass is 16.2. The number of amides is 3. The number of carbonyl (C=O) groups excluding carboxylic acids is 3. The lowest BCUT2D eigenvalue weighted by Crippen LogP contribution is -2.28. The molecule has 0 atom stereocenters. The Bertz CT molecular complexity index is 740. The molecule has 3 amide bonds. The molecule has 0 radical (unpaired) electrons. The van der Waals surface area contributed by atoms with E-state index in [1.54, 1.807) is 24.3 Å². The largest absolute Gasteiger partial charge is 0.326 e. The third-order valence-electron chi connectivity index (χ3n) is 3.65. The van der Waals surface area contributed by atoms with E-state index < -0.39 is 0 Å². The number of benzene rings is 2. The predicted molar refractivity (Wildman–Crippen MR) is 86.9 cm³/mol. The molecule has 3 rings (SSSR count). The number of carbonyl (C=O) groups is 3. The monoisotopic (exact) mass is 308 g/mol. The summed E-state index contributed by atoms with van der Waals surface area (Å²) in [7, 11) is 0. The molecule has 0 spiro atoms. The van der Waals surface area contributed by atoms with Crippen LogP contribution < -0.4 is 10.2 Å². The van der Waals surface area contributed by atoms with Gasteiger partial charge in [0.25, 0.3) is 0 Å². The minimum atomic E-state index is -0.206. The van der Waals surface area contributed by atoms with E-state index >= 15 is 0 Å². The van der Waals surface area contributed by atoms with Crippen molar-refractivity contribution < 1.29 is 14.4 Å². The summed E-state index contributed by atoms with van der Waals surface area (Å²) in [5, 5.41) is 2.80. The van der Waals surface area contributed by atoms with Crippen molar-refractivity contribution in [1.29, 1.82) is 0 Å². The first-order valence-electron chi connectivity index (χ1n) is 7.43. The van der Waals surface area contributed by atoms with Crippen LogP contribution in [-0.4, -0.2) is 17.7 Å². The zero-order valence-corrected chi connectivity index (χ0v) is 12.5. The highest BCUT2D eigenvalue weighted by molar-refractivity contribution is 6.20. The standard InChI is InChI=1S/C18H16N2O3/c21-16(11-13-5-2-1-3-6-13)19-14-7-4-8-15(12-14)20-17(22)9-10-18(20)23/h1-8,12H,9-11H2,(H,19,21). The quantitative estimate of drug-likeness (QED) is 0.883.